The number of aromatic nitrogens is 1. The molecule has 0 aliphatic carbocycles. The molecular weight excluding hydrogens is 198 g/mol. The van der Waals surface area contributed by atoms with Gasteiger partial charge in [-0.1, -0.05) is 0 Å². The van der Waals surface area contributed by atoms with Crippen molar-refractivity contribution < 1.29 is 9.53 Å². The zero-order valence-corrected chi connectivity index (χ0v) is 8.76. The zero-order valence-electron chi connectivity index (χ0n) is 7.95. The highest BCUT2D eigenvalue weighted by Gasteiger charge is 2.16. The van der Waals surface area contributed by atoms with Gasteiger partial charge >= 0.3 is 5.97 Å². The summed E-state index contributed by atoms with van der Waals surface area (Å²) in [6.07, 6.45) is 2.59. The second-order valence-corrected chi connectivity index (χ2v) is 4.09. The Balaban J connectivity index is 2.24. The van der Waals surface area contributed by atoms with E-state index in [0.717, 1.165) is 17.2 Å². The number of thioether (sulfide) groups is 1. The third-order valence-electron chi connectivity index (χ3n) is 2.05. The minimum Gasteiger partial charge on any atom is -0.462 e. The van der Waals surface area contributed by atoms with Crippen molar-refractivity contribution in [1.82, 2.24) is 4.98 Å². The summed E-state index contributed by atoms with van der Waals surface area (Å²) in [7, 11) is 0. The average molecular weight is 209 g/mol. The van der Waals surface area contributed by atoms with Crippen LogP contribution in [-0.4, -0.2) is 23.3 Å². The number of aryl methyl sites for hydroxylation is 1. The quantitative estimate of drug-likeness (QED) is 0.697. The van der Waals surface area contributed by atoms with Gasteiger partial charge in [0.25, 0.3) is 0 Å². The van der Waals surface area contributed by atoms with Crippen LogP contribution in [0.4, 0.5) is 0 Å². The van der Waals surface area contributed by atoms with Gasteiger partial charge in [0.15, 0.2) is 0 Å². The maximum Gasteiger partial charge on any atom is 0.339 e. The summed E-state index contributed by atoms with van der Waals surface area (Å²) in [4.78, 5) is 15.6. The topological polar surface area (TPSA) is 39.2 Å². The van der Waals surface area contributed by atoms with Gasteiger partial charge in [0.05, 0.1) is 17.2 Å². The molecule has 0 saturated heterocycles. The molecule has 1 aromatic rings. The van der Waals surface area contributed by atoms with E-state index in [1.807, 2.05) is 6.07 Å². The SMILES string of the molecule is CCOC(=O)c1cnc2c(c1)CCS2. The summed E-state index contributed by atoms with van der Waals surface area (Å²) in [5, 5.41) is 1.05. The van der Waals surface area contributed by atoms with Crippen molar-refractivity contribution in [2.45, 2.75) is 18.4 Å². The molecule has 0 N–H and O–H groups in total. The van der Waals surface area contributed by atoms with Gasteiger partial charge in [0.1, 0.15) is 0 Å². The monoisotopic (exact) mass is 209 g/mol. The zero-order chi connectivity index (χ0) is 9.97. The first-order valence-electron chi connectivity index (χ1n) is 4.60. The summed E-state index contributed by atoms with van der Waals surface area (Å²) in [6, 6.07) is 1.89. The van der Waals surface area contributed by atoms with E-state index in [4.69, 9.17) is 4.74 Å². The van der Waals surface area contributed by atoms with E-state index in [0.29, 0.717) is 12.2 Å². The number of carbonyl (C=O) groups is 1. The molecular formula is C10H11NO2S. The van der Waals surface area contributed by atoms with Crippen molar-refractivity contribution in [3.8, 4) is 0 Å². The van der Waals surface area contributed by atoms with Crippen LogP contribution in [0.2, 0.25) is 0 Å². The Morgan fingerprint density at radius 3 is 3.36 bits per heavy atom. The number of hydrogen-bond donors (Lipinski definition) is 0. The van der Waals surface area contributed by atoms with Gasteiger partial charge in [-0.3, -0.25) is 0 Å². The van der Waals surface area contributed by atoms with Crippen LogP contribution in [0, 0.1) is 0 Å². The molecule has 0 amide bonds. The lowest BCUT2D eigenvalue weighted by Crippen LogP contribution is -2.05. The number of ether oxygens (including phenoxy) is 1. The Labute approximate surface area is 86.9 Å². The lowest BCUT2D eigenvalue weighted by atomic mass is 10.2. The van der Waals surface area contributed by atoms with Gasteiger partial charge in [-0.05, 0) is 25.0 Å². The third kappa shape index (κ3) is 1.75. The highest BCUT2D eigenvalue weighted by Crippen LogP contribution is 2.29. The Kier molecular flexibility index (Phi) is 2.72. The normalized spacial score (nSPS) is 13.8. The van der Waals surface area contributed by atoms with Gasteiger partial charge in [-0.15, -0.1) is 11.8 Å². The fraction of sp³-hybridized carbons (Fsp3) is 0.400. The molecule has 0 bridgehead atoms. The number of hydrogen-bond acceptors (Lipinski definition) is 4. The minimum atomic E-state index is -0.278. The van der Waals surface area contributed by atoms with Gasteiger partial charge in [-0.25, -0.2) is 9.78 Å². The highest BCUT2D eigenvalue weighted by atomic mass is 32.2. The molecule has 14 heavy (non-hydrogen) atoms. The number of esters is 1. The molecule has 1 aliphatic rings. The standard InChI is InChI=1S/C10H11NO2S/c1-2-13-10(12)8-5-7-3-4-14-9(7)11-6-8/h5-6H,2-4H2,1H3. The Bertz CT molecular complexity index is 365. The molecule has 74 valence electrons. The average Bonchev–Trinajstić information content (AvgIpc) is 2.64. The van der Waals surface area contributed by atoms with Gasteiger partial charge in [0.2, 0.25) is 0 Å². The lowest BCUT2D eigenvalue weighted by molar-refractivity contribution is 0.0525. The summed E-state index contributed by atoms with van der Waals surface area (Å²) in [6.45, 7) is 2.21. The summed E-state index contributed by atoms with van der Waals surface area (Å²) < 4.78 is 4.90. The van der Waals surface area contributed by atoms with Crippen LogP contribution in [0.15, 0.2) is 17.3 Å². The first kappa shape index (κ1) is 9.52. The minimum absolute atomic E-state index is 0.278. The summed E-state index contributed by atoms with van der Waals surface area (Å²) in [5.41, 5.74) is 1.73. The molecule has 0 radical (unpaired) electrons. The first-order chi connectivity index (χ1) is 6.81. The van der Waals surface area contributed by atoms with E-state index in [-0.39, 0.29) is 5.97 Å². The maximum atomic E-state index is 11.4. The summed E-state index contributed by atoms with van der Waals surface area (Å²) >= 11 is 1.74. The number of nitrogens with zero attached hydrogens (tertiary/aromatic N) is 1. The van der Waals surface area contributed by atoms with Crippen LogP contribution < -0.4 is 0 Å². The van der Waals surface area contributed by atoms with Crippen LogP contribution in [0.5, 0.6) is 0 Å². The van der Waals surface area contributed by atoms with Gasteiger partial charge < -0.3 is 4.74 Å². The van der Waals surface area contributed by atoms with Crippen LogP contribution >= 0.6 is 11.8 Å². The van der Waals surface area contributed by atoms with Crippen molar-refractivity contribution in [3.05, 3.63) is 23.4 Å². The highest BCUT2D eigenvalue weighted by molar-refractivity contribution is 7.99. The molecule has 2 heterocycles. The van der Waals surface area contributed by atoms with Crippen molar-refractivity contribution >= 4 is 17.7 Å². The Morgan fingerprint density at radius 2 is 2.57 bits per heavy atom. The number of carbonyl (C=O) groups excluding carboxylic acids is 1. The van der Waals surface area contributed by atoms with E-state index in [2.05, 4.69) is 4.98 Å². The van der Waals surface area contributed by atoms with Crippen LogP contribution in [0.1, 0.15) is 22.8 Å². The smallest absolute Gasteiger partial charge is 0.339 e. The number of fused-ring (bicyclic) bond motifs is 1. The van der Waals surface area contributed by atoms with Crippen LogP contribution in [0.25, 0.3) is 0 Å². The molecule has 4 heteroatoms. The van der Waals surface area contributed by atoms with Crippen LogP contribution in [-0.2, 0) is 11.2 Å². The van der Waals surface area contributed by atoms with E-state index < -0.39 is 0 Å². The Morgan fingerprint density at radius 1 is 1.71 bits per heavy atom. The summed E-state index contributed by atoms with van der Waals surface area (Å²) in [5.74, 6) is 0.786. The predicted octanol–water partition coefficient (Wildman–Crippen LogP) is 1.91. The van der Waals surface area contributed by atoms with Gasteiger partial charge in [-0.2, -0.15) is 0 Å². The molecule has 0 saturated carbocycles. The molecule has 1 aliphatic heterocycles. The van der Waals surface area contributed by atoms with E-state index >= 15 is 0 Å². The Hall–Kier alpha value is -1.03. The lowest BCUT2D eigenvalue weighted by Gasteiger charge is -2.02. The second kappa shape index (κ2) is 4.00. The fourth-order valence-corrected chi connectivity index (χ4v) is 2.38. The van der Waals surface area contributed by atoms with E-state index in [1.54, 1.807) is 24.9 Å². The molecule has 3 nitrogen and oxygen atoms in total. The largest absolute Gasteiger partial charge is 0.462 e. The van der Waals surface area contributed by atoms with Crippen LogP contribution in [0.3, 0.4) is 0 Å². The maximum absolute atomic E-state index is 11.4. The van der Waals surface area contributed by atoms with E-state index in [9.17, 15) is 4.79 Å². The number of rotatable bonds is 2. The van der Waals surface area contributed by atoms with Crippen molar-refractivity contribution in [3.63, 3.8) is 0 Å². The molecule has 2 rings (SSSR count). The van der Waals surface area contributed by atoms with Crippen molar-refractivity contribution in [1.29, 1.82) is 0 Å². The number of pyridine rings is 1. The van der Waals surface area contributed by atoms with E-state index in [1.165, 1.54) is 5.56 Å². The van der Waals surface area contributed by atoms with Gasteiger partial charge in [0, 0.05) is 11.9 Å². The molecule has 0 spiro atoms. The predicted molar refractivity (Wildman–Crippen MR) is 54.6 cm³/mol. The fourth-order valence-electron chi connectivity index (χ4n) is 1.39. The molecule has 0 fully saturated rings. The van der Waals surface area contributed by atoms with Crippen molar-refractivity contribution in [2.24, 2.45) is 0 Å². The molecule has 1 aromatic heterocycles. The first-order valence-corrected chi connectivity index (χ1v) is 5.58. The second-order valence-electron chi connectivity index (χ2n) is 3.01. The molecule has 0 aromatic carbocycles. The van der Waals surface area contributed by atoms with Crippen molar-refractivity contribution in [2.75, 3.05) is 12.4 Å². The third-order valence-corrected chi connectivity index (χ3v) is 3.10. The molecule has 0 unspecified atom stereocenters. The molecule has 0 atom stereocenters.